The third kappa shape index (κ3) is 4.48. The van der Waals surface area contributed by atoms with E-state index in [1.807, 2.05) is 0 Å². The van der Waals surface area contributed by atoms with Gasteiger partial charge in [0.1, 0.15) is 0 Å². The minimum absolute atomic E-state index is 0.0212. The first kappa shape index (κ1) is 12.8. The minimum atomic E-state index is -1.41. The lowest BCUT2D eigenvalue weighted by molar-refractivity contribution is -0.146. The Balaban J connectivity index is 2.08. The molecule has 1 saturated carbocycles. The lowest BCUT2D eigenvalue weighted by Crippen LogP contribution is -2.42. The topological polar surface area (TPSA) is 98.7 Å². The molecular weight excluding hydrogens is 212 g/mol. The average Bonchev–Trinajstić information content (AvgIpc) is 2.70. The van der Waals surface area contributed by atoms with E-state index in [1.54, 1.807) is 0 Å². The predicted octanol–water partition coefficient (Wildman–Crippen LogP) is 0.0638. The fourth-order valence-corrected chi connectivity index (χ4v) is 1.75. The van der Waals surface area contributed by atoms with Crippen LogP contribution in [-0.2, 0) is 4.79 Å². The van der Waals surface area contributed by atoms with E-state index in [4.69, 9.17) is 10.2 Å². The molecule has 6 heteroatoms. The molecule has 0 aromatic rings. The van der Waals surface area contributed by atoms with Crippen molar-refractivity contribution in [3.05, 3.63) is 0 Å². The first-order valence-electron chi connectivity index (χ1n) is 5.55. The molecule has 0 saturated heterocycles. The van der Waals surface area contributed by atoms with E-state index in [1.165, 1.54) is 0 Å². The molecule has 0 heterocycles. The summed E-state index contributed by atoms with van der Waals surface area (Å²) in [6.45, 7) is 0.159. The molecule has 1 rings (SSSR count). The second-order valence-electron chi connectivity index (χ2n) is 4.02. The first-order chi connectivity index (χ1) is 7.59. The summed E-state index contributed by atoms with van der Waals surface area (Å²) in [5.74, 6) is -1.27. The predicted molar refractivity (Wildman–Crippen MR) is 57.1 cm³/mol. The summed E-state index contributed by atoms with van der Waals surface area (Å²) in [5, 5.41) is 22.7. The Morgan fingerprint density at radius 3 is 2.50 bits per heavy atom. The number of rotatable bonds is 5. The van der Waals surface area contributed by atoms with Crippen LogP contribution in [0.15, 0.2) is 0 Å². The molecule has 4 N–H and O–H groups in total. The Hall–Kier alpha value is -1.30. The Bertz CT molecular complexity index is 251. The van der Waals surface area contributed by atoms with Crippen molar-refractivity contribution < 1.29 is 19.8 Å². The van der Waals surface area contributed by atoms with Gasteiger partial charge in [-0.2, -0.15) is 0 Å². The zero-order valence-electron chi connectivity index (χ0n) is 9.11. The van der Waals surface area contributed by atoms with Gasteiger partial charge >= 0.3 is 12.0 Å². The van der Waals surface area contributed by atoms with Crippen LogP contribution in [0.1, 0.15) is 32.1 Å². The molecular formula is C10H18N2O4. The van der Waals surface area contributed by atoms with Crippen molar-refractivity contribution in [2.45, 2.75) is 44.2 Å². The quantitative estimate of drug-likeness (QED) is 0.537. The number of nitrogens with one attached hydrogen (secondary N) is 2. The van der Waals surface area contributed by atoms with E-state index in [2.05, 4.69) is 10.6 Å². The summed E-state index contributed by atoms with van der Waals surface area (Å²) >= 11 is 0. The number of amides is 2. The summed E-state index contributed by atoms with van der Waals surface area (Å²) in [5.41, 5.74) is 0. The fourth-order valence-electron chi connectivity index (χ4n) is 1.75. The SMILES string of the molecule is O=C(NCC[C@H](O)C(=O)O)NC1CCCC1. The summed E-state index contributed by atoms with van der Waals surface area (Å²) in [7, 11) is 0. The summed E-state index contributed by atoms with van der Waals surface area (Å²) in [6, 6.07) is -0.0473. The van der Waals surface area contributed by atoms with Crippen LogP contribution in [-0.4, -0.2) is 40.9 Å². The van der Waals surface area contributed by atoms with Gasteiger partial charge in [-0.25, -0.2) is 9.59 Å². The molecule has 0 unspecified atom stereocenters. The van der Waals surface area contributed by atoms with Gasteiger partial charge in [-0.3, -0.25) is 0 Å². The molecule has 0 radical (unpaired) electrons. The molecule has 92 valence electrons. The first-order valence-corrected chi connectivity index (χ1v) is 5.55. The number of aliphatic carboxylic acids is 1. The third-order valence-corrected chi connectivity index (χ3v) is 2.68. The van der Waals surface area contributed by atoms with Gasteiger partial charge in [-0.05, 0) is 12.8 Å². The largest absolute Gasteiger partial charge is 0.479 e. The lowest BCUT2D eigenvalue weighted by atomic mass is 10.2. The number of carbonyl (C=O) groups excluding carboxylic acids is 1. The highest BCUT2D eigenvalue weighted by atomic mass is 16.4. The van der Waals surface area contributed by atoms with Crippen molar-refractivity contribution in [1.82, 2.24) is 10.6 Å². The zero-order valence-corrected chi connectivity index (χ0v) is 9.11. The van der Waals surface area contributed by atoms with Crippen LogP contribution in [0.4, 0.5) is 4.79 Å². The van der Waals surface area contributed by atoms with E-state index >= 15 is 0 Å². The van der Waals surface area contributed by atoms with Crippen LogP contribution in [0, 0.1) is 0 Å². The van der Waals surface area contributed by atoms with Crippen LogP contribution in [0.3, 0.4) is 0 Å². The van der Waals surface area contributed by atoms with E-state index in [9.17, 15) is 9.59 Å². The molecule has 6 nitrogen and oxygen atoms in total. The van der Waals surface area contributed by atoms with Gasteiger partial charge in [0.25, 0.3) is 0 Å². The van der Waals surface area contributed by atoms with Gasteiger partial charge in [-0.1, -0.05) is 12.8 Å². The molecule has 0 aromatic carbocycles. The van der Waals surface area contributed by atoms with Crippen molar-refractivity contribution in [1.29, 1.82) is 0 Å². The molecule has 2 amide bonds. The minimum Gasteiger partial charge on any atom is -0.479 e. The number of carboxylic acids is 1. The molecule has 0 bridgehead atoms. The smallest absolute Gasteiger partial charge is 0.332 e. The van der Waals surface area contributed by atoms with Crippen LogP contribution < -0.4 is 10.6 Å². The van der Waals surface area contributed by atoms with Crippen LogP contribution in [0.5, 0.6) is 0 Å². The van der Waals surface area contributed by atoms with Gasteiger partial charge < -0.3 is 20.8 Å². The molecule has 1 atom stereocenters. The normalized spacial score (nSPS) is 18.1. The molecule has 0 spiro atoms. The van der Waals surface area contributed by atoms with E-state index < -0.39 is 12.1 Å². The molecule has 1 aliphatic rings. The zero-order chi connectivity index (χ0) is 12.0. The number of aliphatic hydroxyl groups excluding tert-OH is 1. The Morgan fingerprint density at radius 1 is 1.31 bits per heavy atom. The average molecular weight is 230 g/mol. The molecule has 1 fully saturated rings. The monoisotopic (exact) mass is 230 g/mol. The maximum atomic E-state index is 11.3. The standard InChI is InChI=1S/C10H18N2O4/c13-8(9(14)15)5-6-11-10(16)12-7-3-1-2-4-7/h7-8,13H,1-6H2,(H,14,15)(H2,11,12,16)/t8-/m0/s1. The third-order valence-electron chi connectivity index (χ3n) is 2.68. The Labute approximate surface area is 94.0 Å². The number of carbonyl (C=O) groups is 2. The fraction of sp³-hybridized carbons (Fsp3) is 0.800. The Kier molecular flexibility index (Phi) is 5.04. The number of hydrogen-bond donors (Lipinski definition) is 4. The van der Waals surface area contributed by atoms with Crippen molar-refractivity contribution in [3.63, 3.8) is 0 Å². The highest BCUT2D eigenvalue weighted by Crippen LogP contribution is 2.17. The highest BCUT2D eigenvalue weighted by Gasteiger charge is 2.17. The summed E-state index contributed by atoms with van der Waals surface area (Å²) in [4.78, 5) is 21.6. The van der Waals surface area contributed by atoms with Crippen molar-refractivity contribution in [3.8, 4) is 0 Å². The van der Waals surface area contributed by atoms with Gasteiger partial charge in [0.05, 0.1) is 0 Å². The lowest BCUT2D eigenvalue weighted by Gasteiger charge is -2.13. The second-order valence-corrected chi connectivity index (χ2v) is 4.02. The molecule has 16 heavy (non-hydrogen) atoms. The Morgan fingerprint density at radius 2 is 1.94 bits per heavy atom. The number of aliphatic hydroxyl groups is 1. The van der Waals surface area contributed by atoms with Crippen LogP contribution >= 0.6 is 0 Å². The highest BCUT2D eigenvalue weighted by molar-refractivity contribution is 5.74. The van der Waals surface area contributed by atoms with Crippen molar-refractivity contribution in [2.24, 2.45) is 0 Å². The van der Waals surface area contributed by atoms with Crippen LogP contribution in [0.25, 0.3) is 0 Å². The van der Waals surface area contributed by atoms with Gasteiger partial charge in [0.2, 0.25) is 0 Å². The van der Waals surface area contributed by atoms with E-state index in [0.717, 1.165) is 25.7 Å². The van der Waals surface area contributed by atoms with Gasteiger partial charge in [-0.15, -0.1) is 0 Å². The number of carboxylic acid groups (broad SMARTS) is 1. The van der Waals surface area contributed by atoms with E-state index in [-0.39, 0.29) is 25.0 Å². The van der Waals surface area contributed by atoms with E-state index in [0.29, 0.717) is 0 Å². The molecule has 0 aliphatic heterocycles. The maximum Gasteiger partial charge on any atom is 0.332 e. The van der Waals surface area contributed by atoms with Crippen LogP contribution in [0.2, 0.25) is 0 Å². The molecule has 0 aromatic heterocycles. The van der Waals surface area contributed by atoms with Gasteiger partial charge in [0, 0.05) is 19.0 Å². The number of hydrogen-bond acceptors (Lipinski definition) is 3. The van der Waals surface area contributed by atoms with Crippen molar-refractivity contribution in [2.75, 3.05) is 6.54 Å². The van der Waals surface area contributed by atoms with Gasteiger partial charge in [0.15, 0.2) is 6.10 Å². The summed E-state index contributed by atoms with van der Waals surface area (Å²) in [6.07, 6.45) is 2.90. The molecule has 1 aliphatic carbocycles. The second kappa shape index (κ2) is 6.32. The summed E-state index contributed by atoms with van der Waals surface area (Å²) < 4.78 is 0. The van der Waals surface area contributed by atoms with Crippen molar-refractivity contribution >= 4 is 12.0 Å². The maximum absolute atomic E-state index is 11.3. The number of urea groups is 1.